The van der Waals surface area contributed by atoms with E-state index < -0.39 is 10.8 Å². The summed E-state index contributed by atoms with van der Waals surface area (Å²) in [6.07, 6.45) is 1.60. The summed E-state index contributed by atoms with van der Waals surface area (Å²) >= 11 is 0. The first-order chi connectivity index (χ1) is 14.9. The number of nitrogens with zero attached hydrogens (tertiary/aromatic N) is 3. The highest BCUT2D eigenvalue weighted by atomic mass is 16.6. The lowest BCUT2D eigenvalue weighted by Crippen LogP contribution is -2.21. The highest BCUT2D eigenvalue weighted by Crippen LogP contribution is 2.39. The normalized spacial score (nSPS) is 14.5. The van der Waals surface area contributed by atoms with Crippen LogP contribution in [0.15, 0.2) is 47.1 Å². The quantitative estimate of drug-likeness (QED) is 0.378. The molecule has 1 heterocycles. The number of ether oxygens (including phenoxy) is 4. The lowest BCUT2D eigenvalue weighted by molar-refractivity contribution is -0.384. The minimum Gasteiger partial charge on any atom is -0.493 e. The number of nitro benzene ring substituents is 1. The summed E-state index contributed by atoms with van der Waals surface area (Å²) in [6.45, 7) is 2.07. The van der Waals surface area contributed by atoms with E-state index in [9.17, 15) is 14.9 Å². The van der Waals surface area contributed by atoms with Crippen molar-refractivity contribution in [3.63, 3.8) is 0 Å². The average molecular weight is 427 g/mol. The maximum atomic E-state index is 13.1. The van der Waals surface area contributed by atoms with Crippen molar-refractivity contribution in [2.24, 2.45) is 5.10 Å². The number of non-ortho nitro benzene ring substituents is 1. The lowest BCUT2D eigenvalue weighted by atomic mass is 10.1. The number of methoxy groups -OCH3 is 3. The lowest BCUT2D eigenvalue weighted by Gasteiger charge is -2.13. The van der Waals surface area contributed by atoms with Gasteiger partial charge in [0.1, 0.15) is 5.57 Å². The molecule has 0 atom stereocenters. The SMILES string of the molecule is CCOC1=NN(c2ccc([N+](=O)[O-])cc2)C(=O)/C1=C\c1cc(OC)c(OC)c(OC)c1. The highest BCUT2D eigenvalue weighted by Gasteiger charge is 2.33. The van der Waals surface area contributed by atoms with Crippen LogP contribution in [-0.2, 0) is 9.53 Å². The molecule has 1 aliphatic heterocycles. The van der Waals surface area contributed by atoms with Gasteiger partial charge in [0.2, 0.25) is 11.6 Å². The molecule has 162 valence electrons. The van der Waals surface area contributed by atoms with Crippen molar-refractivity contribution in [3.05, 3.63) is 57.6 Å². The van der Waals surface area contributed by atoms with Gasteiger partial charge in [-0.2, -0.15) is 5.01 Å². The minimum atomic E-state index is -0.514. The van der Waals surface area contributed by atoms with Gasteiger partial charge in [-0.05, 0) is 42.8 Å². The fraction of sp³-hybridized carbons (Fsp3) is 0.238. The average Bonchev–Trinajstić information content (AvgIpc) is 3.08. The standard InChI is InChI=1S/C21H21N3O7/c1-5-31-20-16(10-13-11-17(28-2)19(30-4)18(12-13)29-3)21(25)23(22-20)14-6-8-15(9-7-14)24(26)27/h6-12H,5H2,1-4H3/b16-10-. The van der Waals surface area contributed by atoms with Crippen LogP contribution >= 0.6 is 0 Å². The molecule has 10 heteroatoms. The van der Waals surface area contributed by atoms with E-state index in [1.54, 1.807) is 25.1 Å². The third-order valence-corrected chi connectivity index (χ3v) is 4.43. The monoisotopic (exact) mass is 427 g/mol. The van der Waals surface area contributed by atoms with Crippen molar-refractivity contribution in [1.82, 2.24) is 0 Å². The second-order valence-electron chi connectivity index (χ2n) is 6.25. The number of benzene rings is 2. The van der Waals surface area contributed by atoms with Gasteiger partial charge < -0.3 is 18.9 Å². The van der Waals surface area contributed by atoms with Crippen LogP contribution in [0.3, 0.4) is 0 Å². The van der Waals surface area contributed by atoms with Crippen LogP contribution in [0.1, 0.15) is 12.5 Å². The van der Waals surface area contributed by atoms with E-state index in [-0.39, 0.29) is 17.2 Å². The molecule has 3 rings (SSSR count). The number of hydrogen-bond acceptors (Lipinski definition) is 8. The molecule has 1 amide bonds. The van der Waals surface area contributed by atoms with Gasteiger partial charge in [-0.3, -0.25) is 14.9 Å². The van der Waals surface area contributed by atoms with Gasteiger partial charge in [-0.1, -0.05) is 0 Å². The first-order valence-corrected chi connectivity index (χ1v) is 9.25. The van der Waals surface area contributed by atoms with Gasteiger partial charge in [0.15, 0.2) is 11.5 Å². The summed E-state index contributed by atoms with van der Waals surface area (Å²) < 4.78 is 21.6. The van der Waals surface area contributed by atoms with Crippen LogP contribution in [0, 0.1) is 10.1 Å². The topological polar surface area (TPSA) is 113 Å². The molecule has 0 bridgehead atoms. The summed E-state index contributed by atoms with van der Waals surface area (Å²) in [6, 6.07) is 8.90. The van der Waals surface area contributed by atoms with Gasteiger partial charge in [-0.25, -0.2) is 0 Å². The number of carbonyl (C=O) groups excluding carboxylic acids is 1. The van der Waals surface area contributed by atoms with Gasteiger partial charge >= 0.3 is 0 Å². The van der Waals surface area contributed by atoms with Crippen molar-refractivity contribution < 1.29 is 28.7 Å². The molecule has 0 saturated carbocycles. The molecular formula is C21H21N3O7. The molecule has 0 radical (unpaired) electrons. The Kier molecular flexibility index (Phi) is 6.39. The zero-order valence-electron chi connectivity index (χ0n) is 17.4. The Morgan fingerprint density at radius 3 is 2.16 bits per heavy atom. The molecule has 0 spiro atoms. The van der Waals surface area contributed by atoms with Crippen LogP contribution in [0.25, 0.3) is 6.08 Å². The van der Waals surface area contributed by atoms with Crippen LogP contribution in [0.5, 0.6) is 17.2 Å². The fourth-order valence-electron chi connectivity index (χ4n) is 3.00. The van der Waals surface area contributed by atoms with Crippen molar-refractivity contribution in [2.45, 2.75) is 6.92 Å². The Bertz CT molecular complexity index is 1040. The molecule has 0 saturated heterocycles. The molecule has 10 nitrogen and oxygen atoms in total. The molecule has 31 heavy (non-hydrogen) atoms. The van der Waals surface area contributed by atoms with Gasteiger partial charge in [-0.15, -0.1) is 5.10 Å². The largest absolute Gasteiger partial charge is 0.493 e. The molecule has 0 N–H and O–H groups in total. The number of nitro groups is 1. The number of carbonyl (C=O) groups is 1. The summed E-state index contributed by atoms with van der Waals surface area (Å²) in [5.41, 5.74) is 1.11. The maximum absolute atomic E-state index is 13.1. The van der Waals surface area contributed by atoms with Crippen molar-refractivity contribution in [2.75, 3.05) is 32.9 Å². The van der Waals surface area contributed by atoms with Crippen LogP contribution in [-0.4, -0.2) is 44.7 Å². The number of anilines is 1. The Morgan fingerprint density at radius 1 is 1.06 bits per heavy atom. The summed E-state index contributed by atoms with van der Waals surface area (Å²) in [5.74, 6) is 0.990. The third-order valence-electron chi connectivity index (χ3n) is 4.43. The second kappa shape index (κ2) is 9.16. The summed E-state index contributed by atoms with van der Waals surface area (Å²) in [7, 11) is 4.50. The molecule has 2 aromatic carbocycles. The van der Waals surface area contributed by atoms with Gasteiger partial charge in [0.05, 0.1) is 38.5 Å². The van der Waals surface area contributed by atoms with E-state index in [1.165, 1.54) is 45.6 Å². The van der Waals surface area contributed by atoms with E-state index in [0.717, 1.165) is 5.01 Å². The second-order valence-corrected chi connectivity index (χ2v) is 6.25. The van der Waals surface area contributed by atoms with E-state index in [0.29, 0.717) is 35.1 Å². The predicted octanol–water partition coefficient (Wildman–Crippen LogP) is 3.40. The zero-order chi connectivity index (χ0) is 22.5. The molecule has 0 aromatic heterocycles. The van der Waals surface area contributed by atoms with E-state index in [2.05, 4.69) is 5.10 Å². The van der Waals surface area contributed by atoms with Crippen molar-refractivity contribution >= 4 is 29.3 Å². The minimum absolute atomic E-state index is 0.0856. The summed E-state index contributed by atoms with van der Waals surface area (Å²) in [4.78, 5) is 23.5. The molecular weight excluding hydrogens is 406 g/mol. The molecule has 2 aromatic rings. The van der Waals surface area contributed by atoms with Gasteiger partial charge in [0, 0.05) is 12.1 Å². The Balaban J connectivity index is 2.02. The van der Waals surface area contributed by atoms with E-state index in [4.69, 9.17) is 18.9 Å². The number of hydrazone groups is 1. The summed E-state index contributed by atoms with van der Waals surface area (Å²) in [5, 5.41) is 16.3. The molecule has 0 fully saturated rings. The smallest absolute Gasteiger partial charge is 0.284 e. The molecule has 0 aliphatic carbocycles. The van der Waals surface area contributed by atoms with Crippen molar-refractivity contribution in [1.29, 1.82) is 0 Å². The molecule has 0 unspecified atom stereocenters. The first kappa shape index (κ1) is 21.6. The van der Waals surface area contributed by atoms with Crippen LogP contribution < -0.4 is 19.2 Å². The first-order valence-electron chi connectivity index (χ1n) is 9.25. The fourth-order valence-corrected chi connectivity index (χ4v) is 3.00. The Morgan fingerprint density at radius 2 is 1.68 bits per heavy atom. The molecule has 1 aliphatic rings. The van der Waals surface area contributed by atoms with E-state index >= 15 is 0 Å². The van der Waals surface area contributed by atoms with Gasteiger partial charge in [0.25, 0.3) is 11.6 Å². The van der Waals surface area contributed by atoms with Crippen LogP contribution in [0.2, 0.25) is 0 Å². The Hall–Kier alpha value is -4.08. The number of amides is 1. The van der Waals surface area contributed by atoms with E-state index in [1.807, 2.05) is 0 Å². The number of hydrogen-bond donors (Lipinski definition) is 0. The number of rotatable bonds is 7. The highest BCUT2D eigenvalue weighted by molar-refractivity contribution is 6.30. The van der Waals surface area contributed by atoms with Crippen LogP contribution in [0.4, 0.5) is 11.4 Å². The zero-order valence-corrected chi connectivity index (χ0v) is 17.4. The maximum Gasteiger partial charge on any atom is 0.284 e. The van der Waals surface area contributed by atoms with Crippen molar-refractivity contribution in [3.8, 4) is 17.2 Å². The third kappa shape index (κ3) is 4.27. The predicted molar refractivity (Wildman–Crippen MR) is 114 cm³/mol. The Labute approximate surface area is 178 Å².